The summed E-state index contributed by atoms with van der Waals surface area (Å²) in [6, 6.07) is 17.6. The van der Waals surface area contributed by atoms with Gasteiger partial charge in [0.1, 0.15) is 23.0 Å². The van der Waals surface area contributed by atoms with E-state index in [0.717, 1.165) is 33.3 Å². The minimum absolute atomic E-state index is 0.0344. The summed E-state index contributed by atoms with van der Waals surface area (Å²) >= 11 is 1.46. The number of hydrogen-bond donors (Lipinski definition) is 0. The van der Waals surface area contributed by atoms with Gasteiger partial charge >= 0.3 is 0 Å². The Morgan fingerprint density at radius 3 is 2.47 bits per heavy atom. The van der Waals surface area contributed by atoms with Crippen molar-refractivity contribution in [1.82, 2.24) is 14.9 Å². The van der Waals surface area contributed by atoms with Gasteiger partial charge in [0.25, 0.3) is 5.69 Å². The summed E-state index contributed by atoms with van der Waals surface area (Å²) in [6.07, 6.45) is 2.62. The van der Waals surface area contributed by atoms with Gasteiger partial charge in [0, 0.05) is 34.6 Å². The highest BCUT2D eigenvalue weighted by atomic mass is 32.2. The summed E-state index contributed by atoms with van der Waals surface area (Å²) in [5.74, 6) is 2.78. The summed E-state index contributed by atoms with van der Waals surface area (Å²) in [5, 5.41) is 25.0. The maximum absolute atomic E-state index is 10.9. The molecule has 0 fully saturated rings. The Bertz CT molecular complexity index is 1420. The quantitative estimate of drug-likeness (QED) is 0.272. The van der Waals surface area contributed by atoms with Crippen LogP contribution in [0, 0.1) is 10.1 Å². The lowest BCUT2D eigenvalue weighted by Gasteiger charge is -2.17. The molecule has 2 aromatic heterocycles. The first-order chi connectivity index (χ1) is 16.6. The van der Waals surface area contributed by atoms with Gasteiger partial charge in [-0.25, -0.2) is 0 Å². The number of rotatable bonds is 6. The minimum Gasteiger partial charge on any atom is -0.497 e. The zero-order valence-electron chi connectivity index (χ0n) is 18.3. The molecule has 1 aliphatic heterocycles. The third-order valence-electron chi connectivity index (χ3n) is 5.25. The number of nitrogens with zero attached hydrogens (tertiary/aromatic N) is 5. The zero-order valence-corrected chi connectivity index (χ0v) is 19.2. The number of nitro benzene ring substituents is 1. The predicted octanol–water partition coefficient (Wildman–Crippen LogP) is 5.42. The summed E-state index contributed by atoms with van der Waals surface area (Å²) in [7, 11) is 1.63. The Balaban J connectivity index is 1.52. The largest absolute Gasteiger partial charge is 0.497 e. The third-order valence-corrected chi connectivity index (χ3v) is 6.22. The van der Waals surface area contributed by atoms with Gasteiger partial charge in [-0.15, -0.1) is 10.2 Å². The molecule has 170 valence electrons. The van der Waals surface area contributed by atoms with Crippen molar-refractivity contribution in [1.29, 1.82) is 0 Å². The average molecular weight is 474 g/mol. The number of aryl methyl sites for hydroxylation is 1. The van der Waals surface area contributed by atoms with Crippen molar-refractivity contribution in [2.75, 3.05) is 7.11 Å². The predicted molar refractivity (Wildman–Crippen MR) is 129 cm³/mol. The van der Waals surface area contributed by atoms with Crippen LogP contribution in [0.5, 0.6) is 5.75 Å². The van der Waals surface area contributed by atoms with Gasteiger partial charge in [-0.05, 0) is 66.4 Å². The van der Waals surface area contributed by atoms with E-state index in [1.165, 1.54) is 23.9 Å². The van der Waals surface area contributed by atoms with Crippen molar-refractivity contribution in [3.05, 3.63) is 92.8 Å². The molecule has 0 saturated heterocycles. The van der Waals surface area contributed by atoms with Crippen LogP contribution in [0.2, 0.25) is 0 Å². The SMILES string of the molecule is CCc1nnc2n1N=C(c1ccc(OC)cc1)/C(=C\c1ccc(-c3ccc([N+](=O)[O-])cc3)o1)S2. The first kappa shape index (κ1) is 21.7. The van der Waals surface area contributed by atoms with E-state index in [-0.39, 0.29) is 5.69 Å². The van der Waals surface area contributed by atoms with E-state index in [4.69, 9.17) is 14.3 Å². The maximum Gasteiger partial charge on any atom is 0.269 e. The second kappa shape index (κ2) is 8.99. The van der Waals surface area contributed by atoms with E-state index in [2.05, 4.69) is 10.2 Å². The molecule has 0 atom stereocenters. The lowest BCUT2D eigenvalue weighted by atomic mass is 10.1. The lowest BCUT2D eigenvalue weighted by Crippen LogP contribution is -2.13. The fourth-order valence-corrected chi connectivity index (χ4v) is 4.43. The topological polar surface area (TPSA) is 109 Å². The highest BCUT2D eigenvalue weighted by molar-refractivity contribution is 8.04. The molecule has 2 aromatic carbocycles. The van der Waals surface area contributed by atoms with Crippen molar-refractivity contribution in [3.8, 4) is 17.1 Å². The van der Waals surface area contributed by atoms with Crippen molar-refractivity contribution in [2.24, 2.45) is 5.10 Å². The van der Waals surface area contributed by atoms with Crippen LogP contribution >= 0.6 is 11.8 Å². The summed E-state index contributed by atoms with van der Waals surface area (Å²) in [4.78, 5) is 11.3. The molecule has 4 aromatic rings. The first-order valence-corrected chi connectivity index (χ1v) is 11.3. The molecular weight excluding hydrogens is 454 g/mol. The van der Waals surface area contributed by atoms with Crippen LogP contribution in [0.1, 0.15) is 24.1 Å². The van der Waals surface area contributed by atoms with Gasteiger partial charge in [-0.2, -0.15) is 9.78 Å². The molecule has 0 saturated carbocycles. The van der Waals surface area contributed by atoms with Crippen molar-refractivity contribution in [2.45, 2.75) is 18.5 Å². The van der Waals surface area contributed by atoms with E-state index in [9.17, 15) is 10.1 Å². The molecule has 0 N–H and O–H groups in total. The number of fused-ring (bicyclic) bond motifs is 1. The third kappa shape index (κ3) is 4.11. The standard InChI is InChI=1S/C24H19N5O4S/c1-3-22-25-26-24-28(22)27-23(16-6-10-18(32-2)11-7-16)21(34-24)14-19-12-13-20(33-19)15-4-8-17(9-5-15)29(30)31/h4-14H,3H2,1-2H3/b21-14+. The molecule has 3 heterocycles. The Morgan fingerprint density at radius 2 is 1.79 bits per heavy atom. The molecule has 9 nitrogen and oxygen atoms in total. The summed E-state index contributed by atoms with van der Waals surface area (Å²) in [5.41, 5.74) is 2.47. The van der Waals surface area contributed by atoms with E-state index < -0.39 is 4.92 Å². The Hall–Kier alpha value is -4.18. The monoisotopic (exact) mass is 473 g/mol. The van der Waals surface area contributed by atoms with Gasteiger partial charge in [-0.1, -0.05) is 6.92 Å². The number of methoxy groups -OCH3 is 1. The summed E-state index contributed by atoms with van der Waals surface area (Å²) in [6.45, 7) is 2.01. The molecule has 0 unspecified atom stereocenters. The number of thioether (sulfide) groups is 1. The van der Waals surface area contributed by atoms with E-state index >= 15 is 0 Å². The Kier molecular flexibility index (Phi) is 5.72. The molecule has 34 heavy (non-hydrogen) atoms. The van der Waals surface area contributed by atoms with Crippen LogP contribution in [0.4, 0.5) is 5.69 Å². The second-order valence-electron chi connectivity index (χ2n) is 7.36. The number of benzene rings is 2. The van der Waals surface area contributed by atoms with Crippen LogP contribution in [0.15, 0.2) is 80.2 Å². The zero-order chi connectivity index (χ0) is 23.7. The fraction of sp³-hybridized carbons (Fsp3) is 0.125. The molecule has 0 spiro atoms. The Labute approximate surface area is 198 Å². The molecule has 0 amide bonds. The average Bonchev–Trinajstić information content (AvgIpc) is 3.50. The molecule has 1 aliphatic rings. The van der Waals surface area contributed by atoms with E-state index in [0.29, 0.717) is 23.1 Å². The van der Waals surface area contributed by atoms with Crippen molar-refractivity contribution < 1.29 is 14.1 Å². The molecule has 10 heteroatoms. The van der Waals surface area contributed by atoms with Crippen LogP contribution in [-0.4, -0.2) is 32.6 Å². The lowest BCUT2D eigenvalue weighted by molar-refractivity contribution is -0.384. The fourth-order valence-electron chi connectivity index (χ4n) is 3.49. The second-order valence-corrected chi connectivity index (χ2v) is 8.37. The van der Waals surface area contributed by atoms with Crippen LogP contribution in [-0.2, 0) is 6.42 Å². The van der Waals surface area contributed by atoms with Crippen LogP contribution in [0.25, 0.3) is 17.4 Å². The number of ether oxygens (including phenoxy) is 1. The number of non-ortho nitro benzene ring substituents is 1. The summed E-state index contributed by atoms with van der Waals surface area (Å²) < 4.78 is 13.1. The van der Waals surface area contributed by atoms with E-state index in [1.54, 1.807) is 23.9 Å². The number of hydrogen-bond acceptors (Lipinski definition) is 8. The van der Waals surface area contributed by atoms with Gasteiger partial charge < -0.3 is 9.15 Å². The maximum atomic E-state index is 10.9. The number of furan rings is 1. The molecule has 5 rings (SSSR count). The van der Waals surface area contributed by atoms with Gasteiger partial charge in [0.05, 0.1) is 12.0 Å². The highest BCUT2D eigenvalue weighted by Gasteiger charge is 2.24. The molecule has 0 radical (unpaired) electrons. The Morgan fingerprint density at radius 1 is 1.06 bits per heavy atom. The molecular formula is C24H19N5O4S. The van der Waals surface area contributed by atoms with Crippen LogP contribution in [0.3, 0.4) is 0 Å². The van der Waals surface area contributed by atoms with Crippen LogP contribution < -0.4 is 4.74 Å². The van der Waals surface area contributed by atoms with Gasteiger partial charge in [-0.3, -0.25) is 10.1 Å². The van der Waals surface area contributed by atoms with E-state index in [1.807, 2.05) is 49.4 Å². The number of aromatic nitrogens is 3. The van der Waals surface area contributed by atoms with Gasteiger partial charge in [0.15, 0.2) is 5.82 Å². The van der Waals surface area contributed by atoms with Crippen molar-refractivity contribution >= 4 is 29.2 Å². The normalized spacial score (nSPS) is 14.1. The highest BCUT2D eigenvalue weighted by Crippen LogP contribution is 2.36. The number of allylic oxidation sites excluding steroid dienone is 1. The smallest absolute Gasteiger partial charge is 0.269 e. The minimum atomic E-state index is -0.426. The van der Waals surface area contributed by atoms with Crippen molar-refractivity contribution in [3.63, 3.8) is 0 Å². The number of nitro groups is 1. The van der Waals surface area contributed by atoms with Gasteiger partial charge in [0.2, 0.25) is 5.16 Å². The first-order valence-electron chi connectivity index (χ1n) is 10.5. The molecule has 0 bridgehead atoms. The molecule has 0 aliphatic carbocycles.